The summed E-state index contributed by atoms with van der Waals surface area (Å²) < 4.78 is 5.87. The minimum Gasteiger partial charge on any atom is -0.493 e. The van der Waals surface area contributed by atoms with Gasteiger partial charge in [0.25, 0.3) is 5.91 Å². The maximum Gasteiger partial charge on any atom is 0.270 e. The Kier molecular flexibility index (Phi) is 4.47. The normalized spacial score (nSPS) is 18.2. The lowest BCUT2D eigenvalue weighted by atomic mass is 9.98. The molecule has 1 aromatic heterocycles. The molecule has 4 nitrogen and oxygen atoms in total. The lowest BCUT2D eigenvalue weighted by molar-refractivity contribution is 0.0628. The number of carbonyl (C=O) groups is 1. The first-order chi connectivity index (χ1) is 10.7. The molecule has 0 aliphatic carbocycles. The molecule has 1 aliphatic rings. The van der Waals surface area contributed by atoms with Crippen molar-refractivity contribution in [2.45, 2.75) is 19.8 Å². The smallest absolute Gasteiger partial charge is 0.270 e. The fourth-order valence-corrected chi connectivity index (χ4v) is 2.87. The molecule has 1 unspecified atom stereocenters. The van der Waals surface area contributed by atoms with Crippen LogP contribution in [0.15, 0.2) is 42.6 Å². The lowest BCUT2D eigenvalue weighted by Crippen LogP contribution is -2.41. The molecule has 1 aromatic carbocycles. The Labute approximate surface area is 131 Å². The standard InChI is InChI=1S/C18H22N2O2/c1-14-6-8-16(9-7-14)22-13-15-4-3-11-20(12-15)18(21)17-5-2-10-19-17/h2,5-10,15,19H,3-4,11-13H2,1H3. The molecule has 0 bridgehead atoms. The molecule has 1 saturated heterocycles. The fourth-order valence-electron chi connectivity index (χ4n) is 2.87. The predicted molar refractivity (Wildman–Crippen MR) is 86.1 cm³/mol. The van der Waals surface area contributed by atoms with Gasteiger partial charge in [0, 0.05) is 25.2 Å². The zero-order chi connectivity index (χ0) is 15.4. The second-order valence-electron chi connectivity index (χ2n) is 5.97. The number of nitrogens with one attached hydrogen (secondary N) is 1. The third-order valence-electron chi connectivity index (χ3n) is 4.14. The maximum atomic E-state index is 12.4. The highest BCUT2D eigenvalue weighted by Crippen LogP contribution is 2.20. The van der Waals surface area contributed by atoms with Gasteiger partial charge in [0.2, 0.25) is 0 Å². The molecular formula is C18H22N2O2. The number of hydrogen-bond donors (Lipinski definition) is 1. The monoisotopic (exact) mass is 298 g/mol. The first-order valence-electron chi connectivity index (χ1n) is 7.84. The van der Waals surface area contributed by atoms with Crippen LogP contribution in [0.4, 0.5) is 0 Å². The zero-order valence-corrected chi connectivity index (χ0v) is 12.9. The summed E-state index contributed by atoms with van der Waals surface area (Å²) in [4.78, 5) is 17.3. The van der Waals surface area contributed by atoms with Gasteiger partial charge in [0.1, 0.15) is 11.4 Å². The minimum atomic E-state index is 0.0880. The maximum absolute atomic E-state index is 12.4. The van der Waals surface area contributed by atoms with E-state index < -0.39 is 0 Å². The van der Waals surface area contributed by atoms with Crippen LogP contribution >= 0.6 is 0 Å². The van der Waals surface area contributed by atoms with E-state index in [1.54, 1.807) is 6.20 Å². The molecule has 1 N–H and O–H groups in total. The van der Waals surface area contributed by atoms with Crippen LogP contribution in [0.3, 0.4) is 0 Å². The summed E-state index contributed by atoms with van der Waals surface area (Å²) >= 11 is 0. The van der Waals surface area contributed by atoms with Crippen LogP contribution in [0.25, 0.3) is 0 Å². The molecule has 1 fully saturated rings. The Morgan fingerprint density at radius 2 is 2.14 bits per heavy atom. The van der Waals surface area contributed by atoms with Crippen molar-refractivity contribution in [1.82, 2.24) is 9.88 Å². The van der Waals surface area contributed by atoms with Crippen LogP contribution in [0.2, 0.25) is 0 Å². The topological polar surface area (TPSA) is 45.3 Å². The van der Waals surface area contributed by atoms with Crippen molar-refractivity contribution in [2.24, 2.45) is 5.92 Å². The molecule has 0 spiro atoms. The molecule has 1 atom stereocenters. The van der Waals surface area contributed by atoms with Crippen molar-refractivity contribution in [2.75, 3.05) is 19.7 Å². The fraction of sp³-hybridized carbons (Fsp3) is 0.389. The van der Waals surface area contributed by atoms with Crippen molar-refractivity contribution in [3.8, 4) is 5.75 Å². The highest BCUT2D eigenvalue weighted by Gasteiger charge is 2.25. The van der Waals surface area contributed by atoms with E-state index in [0.29, 0.717) is 18.2 Å². The van der Waals surface area contributed by atoms with Crippen LogP contribution in [-0.4, -0.2) is 35.5 Å². The number of amides is 1. The summed E-state index contributed by atoms with van der Waals surface area (Å²) in [6.07, 6.45) is 3.93. The lowest BCUT2D eigenvalue weighted by Gasteiger charge is -2.32. The molecule has 2 aromatic rings. The molecule has 1 aliphatic heterocycles. The van der Waals surface area contributed by atoms with E-state index in [0.717, 1.165) is 31.7 Å². The van der Waals surface area contributed by atoms with E-state index in [1.807, 2.05) is 29.2 Å². The van der Waals surface area contributed by atoms with E-state index in [-0.39, 0.29) is 5.91 Å². The van der Waals surface area contributed by atoms with Crippen LogP contribution in [0, 0.1) is 12.8 Å². The van der Waals surface area contributed by atoms with Crippen LogP contribution in [0.5, 0.6) is 5.75 Å². The highest BCUT2D eigenvalue weighted by molar-refractivity contribution is 5.92. The molecule has 0 radical (unpaired) electrons. The number of piperidine rings is 1. The van der Waals surface area contributed by atoms with Crippen molar-refractivity contribution in [3.63, 3.8) is 0 Å². The van der Waals surface area contributed by atoms with E-state index in [9.17, 15) is 4.79 Å². The third-order valence-corrected chi connectivity index (χ3v) is 4.14. The number of aromatic amines is 1. The number of nitrogens with zero attached hydrogens (tertiary/aromatic N) is 1. The van der Waals surface area contributed by atoms with Gasteiger partial charge in [-0.2, -0.15) is 0 Å². The SMILES string of the molecule is Cc1ccc(OCC2CCCN(C(=O)c3ccc[nH]3)C2)cc1. The molecule has 1 amide bonds. The van der Waals surface area contributed by atoms with Crippen molar-refractivity contribution in [3.05, 3.63) is 53.9 Å². The van der Waals surface area contributed by atoms with Gasteiger partial charge < -0.3 is 14.6 Å². The van der Waals surface area contributed by atoms with Crippen molar-refractivity contribution in [1.29, 1.82) is 0 Å². The molecule has 116 valence electrons. The van der Waals surface area contributed by atoms with Gasteiger partial charge in [-0.3, -0.25) is 4.79 Å². The first kappa shape index (κ1) is 14.7. The highest BCUT2D eigenvalue weighted by atomic mass is 16.5. The number of rotatable bonds is 4. The van der Waals surface area contributed by atoms with E-state index in [4.69, 9.17) is 4.74 Å². The van der Waals surface area contributed by atoms with Crippen LogP contribution < -0.4 is 4.74 Å². The Bertz CT molecular complexity index is 605. The average Bonchev–Trinajstić information content (AvgIpc) is 3.08. The Morgan fingerprint density at radius 3 is 2.86 bits per heavy atom. The average molecular weight is 298 g/mol. The van der Waals surface area contributed by atoms with E-state index >= 15 is 0 Å². The molecule has 2 heterocycles. The summed E-state index contributed by atoms with van der Waals surface area (Å²) in [7, 11) is 0. The number of likely N-dealkylation sites (tertiary alicyclic amines) is 1. The summed E-state index contributed by atoms with van der Waals surface area (Å²) in [6.45, 7) is 4.33. The van der Waals surface area contributed by atoms with Gasteiger partial charge in [-0.05, 0) is 44.0 Å². The minimum absolute atomic E-state index is 0.0880. The Balaban J connectivity index is 1.54. The van der Waals surface area contributed by atoms with Gasteiger partial charge in [-0.1, -0.05) is 17.7 Å². The largest absolute Gasteiger partial charge is 0.493 e. The van der Waals surface area contributed by atoms with Gasteiger partial charge in [0.15, 0.2) is 0 Å². The quantitative estimate of drug-likeness (QED) is 0.941. The summed E-state index contributed by atoms with van der Waals surface area (Å²) in [6, 6.07) is 11.8. The van der Waals surface area contributed by atoms with Crippen LogP contribution in [-0.2, 0) is 0 Å². The van der Waals surface area contributed by atoms with E-state index in [1.165, 1.54) is 5.56 Å². The molecule has 3 rings (SSSR count). The van der Waals surface area contributed by atoms with Crippen LogP contribution in [0.1, 0.15) is 28.9 Å². The van der Waals surface area contributed by atoms with Crippen molar-refractivity contribution < 1.29 is 9.53 Å². The summed E-state index contributed by atoms with van der Waals surface area (Å²) in [5.74, 6) is 1.39. The zero-order valence-electron chi connectivity index (χ0n) is 12.9. The first-order valence-corrected chi connectivity index (χ1v) is 7.84. The summed E-state index contributed by atoms with van der Waals surface area (Å²) in [5.41, 5.74) is 1.90. The number of hydrogen-bond acceptors (Lipinski definition) is 2. The number of aryl methyl sites for hydroxylation is 1. The Morgan fingerprint density at radius 1 is 1.32 bits per heavy atom. The van der Waals surface area contributed by atoms with E-state index in [2.05, 4.69) is 24.0 Å². The molecule has 0 saturated carbocycles. The second-order valence-corrected chi connectivity index (χ2v) is 5.97. The predicted octanol–water partition coefficient (Wildman–Crippen LogP) is 3.25. The molecule has 4 heteroatoms. The van der Waals surface area contributed by atoms with Gasteiger partial charge in [0.05, 0.1) is 6.61 Å². The number of benzene rings is 1. The van der Waals surface area contributed by atoms with Crippen molar-refractivity contribution >= 4 is 5.91 Å². The molecule has 22 heavy (non-hydrogen) atoms. The number of aromatic nitrogens is 1. The van der Waals surface area contributed by atoms with Gasteiger partial charge in [-0.25, -0.2) is 0 Å². The third kappa shape index (κ3) is 3.50. The molecular weight excluding hydrogens is 276 g/mol. The number of ether oxygens (including phenoxy) is 1. The van der Waals surface area contributed by atoms with Gasteiger partial charge >= 0.3 is 0 Å². The van der Waals surface area contributed by atoms with Gasteiger partial charge in [-0.15, -0.1) is 0 Å². The number of H-pyrrole nitrogens is 1. The Hall–Kier alpha value is -2.23. The summed E-state index contributed by atoms with van der Waals surface area (Å²) in [5, 5.41) is 0. The second kappa shape index (κ2) is 6.69. The number of carbonyl (C=O) groups excluding carboxylic acids is 1.